The second kappa shape index (κ2) is 6.33. The molecule has 0 spiro atoms. The van der Waals surface area contributed by atoms with E-state index >= 15 is 0 Å². The summed E-state index contributed by atoms with van der Waals surface area (Å²) in [5, 5.41) is 6.99. The molecule has 0 aliphatic carbocycles. The zero-order chi connectivity index (χ0) is 17.3. The first kappa shape index (κ1) is 15.8. The molecule has 7 heteroatoms. The lowest BCUT2D eigenvalue weighted by Crippen LogP contribution is -2.42. The Morgan fingerprint density at radius 2 is 1.12 bits per heavy atom. The third kappa shape index (κ3) is 3.02. The highest BCUT2D eigenvalue weighted by Crippen LogP contribution is 2.23. The van der Waals surface area contributed by atoms with Gasteiger partial charge in [-0.3, -0.25) is 10.9 Å². The molecule has 6 nitrogen and oxygen atoms in total. The molecule has 2 unspecified atom stereocenters. The Balaban J connectivity index is 1.46. The summed E-state index contributed by atoms with van der Waals surface area (Å²) >= 11 is 0. The van der Waals surface area contributed by atoms with Gasteiger partial charge < -0.3 is 0 Å². The summed E-state index contributed by atoms with van der Waals surface area (Å²) in [7, 11) is -3.47. The molecular formula is C18H18N4O2S. The zero-order valence-electron chi connectivity index (χ0n) is 13.5. The molecule has 0 bridgehead atoms. The Hall–Kier alpha value is -2.67. The van der Waals surface area contributed by atoms with Crippen molar-refractivity contribution in [3.8, 4) is 0 Å². The van der Waals surface area contributed by atoms with E-state index in [4.69, 9.17) is 0 Å². The van der Waals surface area contributed by atoms with Crippen LogP contribution in [0.1, 0.15) is 24.0 Å². The Bertz CT molecular complexity index is 853. The highest BCUT2D eigenvalue weighted by atomic mass is 32.2. The fourth-order valence-corrected chi connectivity index (χ4v) is 4.61. The van der Waals surface area contributed by atoms with Gasteiger partial charge in [0.05, 0.1) is 11.4 Å². The van der Waals surface area contributed by atoms with Crippen molar-refractivity contribution in [3.05, 3.63) is 71.8 Å². The molecule has 2 atom stereocenters. The van der Waals surface area contributed by atoms with Crippen LogP contribution in [-0.4, -0.2) is 30.6 Å². The van der Waals surface area contributed by atoms with Gasteiger partial charge in [-0.1, -0.05) is 60.7 Å². The monoisotopic (exact) mass is 354 g/mol. The number of nitrogens with zero attached hydrogens (tertiary/aromatic N) is 2. The molecule has 2 aliphatic rings. The van der Waals surface area contributed by atoms with Crippen LogP contribution in [-0.2, 0) is 9.84 Å². The second-order valence-electron chi connectivity index (χ2n) is 6.08. The van der Waals surface area contributed by atoms with Gasteiger partial charge in [0.15, 0.2) is 20.6 Å². The van der Waals surface area contributed by atoms with Crippen LogP contribution in [0.5, 0.6) is 0 Å². The summed E-state index contributed by atoms with van der Waals surface area (Å²) in [5.41, 5.74) is 8.97. The van der Waals surface area contributed by atoms with Gasteiger partial charge in [-0.05, 0) is 11.1 Å². The number of benzene rings is 2. The van der Waals surface area contributed by atoms with Crippen LogP contribution in [0.3, 0.4) is 0 Å². The molecule has 25 heavy (non-hydrogen) atoms. The van der Waals surface area contributed by atoms with Crippen LogP contribution in [0, 0.1) is 0 Å². The normalized spacial score (nSPS) is 22.7. The number of nitrogens with one attached hydrogen (secondary N) is 2. The van der Waals surface area contributed by atoms with Crippen LogP contribution in [0.2, 0.25) is 0 Å². The lowest BCUT2D eigenvalue weighted by Gasteiger charge is -2.17. The predicted octanol–water partition coefficient (Wildman–Crippen LogP) is 1.85. The van der Waals surface area contributed by atoms with Crippen molar-refractivity contribution < 1.29 is 8.42 Å². The summed E-state index contributed by atoms with van der Waals surface area (Å²) in [6.45, 7) is 0. The smallest absolute Gasteiger partial charge is 0.195 e. The quantitative estimate of drug-likeness (QED) is 0.878. The highest BCUT2D eigenvalue weighted by Gasteiger charge is 2.40. The molecule has 4 rings (SSSR count). The molecule has 0 amide bonds. The number of sulfone groups is 1. The van der Waals surface area contributed by atoms with Crippen molar-refractivity contribution in [3.63, 3.8) is 0 Å². The Kier molecular flexibility index (Phi) is 4.01. The van der Waals surface area contributed by atoms with Gasteiger partial charge in [-0.25, -0.2) is 8.42 Å². The van der Waals surface area contributed by atoms with Gasteiger partial charge in [0, 0.05) is 12.8 Å². The summed E-state index contributed by atoms with van der Waals surface area (Å²) in [6, 6.07) is 19.2. The maximum absolute atomic E-state index is 12.9. The molecular weight excluding hydrogens is 336 g/mol. The van der Waals surface area contributed by atoms with E-state index in [1.807, 2.05) is 60.7 Å². The summed E-state index contributed by atoms with van der Waals surface area (Å²) in [6.07, 6.45) is 0.705. The number of hydrogen-bond acceptors (Lipinski definition) is 6. The van der Waals surface area contributed by atoms with E-state index in [1.54, 1.807) is 0 Å². The minimum absolute atomic E-state index is 0.352. The number of hydrazone groups is 2. The van der Waals surface area contributed by atoms with Crippen LogP contribution in [0.4, 0.5) is 0 Å². The minimum atomic E-state index is -3.47. The number of rotatable bonds is 4. The summed E-state index contributed by atoms with van der Waals surface area (Å²) in [4.78, 5) is 0. The van der Waals surface area contributed by atoms with E-state index in [-0.39, 0.29) is 0 Å². The molecule has 0 saturated heterocycles. The fraction of sp³-hybridized carbons (Fsp3) is 0.222. The molecule has 128 valence electrons. The molecule has 2 aliphatic heterocycles. The lowest BCUT2D eigenvalue weighted by molar-refractivity contribution is 0.541. The molecule has 0 radical (unpaired) electrons. The van der Waals surface area contributed by atoms with Crippen molar-refractivity contribution in [2.45, 2.75) is 23.6 Å². The van der Waals surface area contributed by atoms with Gasteiger partial charge in [0.2, 0.25) is 0 Å². The summed E-state index contributed by atoms with van der Waals surface area (Å²) in [5.74, 6) is 0. The van der Waals surface area contributed by atoms with Crippen molar-refractivity contribution in [1.29, 1.82) is 0 Å². The second-order valence-corrected chi connectivity index (χ2v) is 8.40. The Morgan fingerprint density at radius 3 is 1.52 bits per heavy atom. The zero-order valence-corrected chi connectivity index (χ0v) is 14.3. The van der Waals surface area contributed by atoms with E-state index in [9.17, 15) is 8.42 Å². The average Bonchev–Trinajstić information content (AvgIpc) is 3.34. The third-order valence-electron chi connectivity index (χ3n) is 4.45. The fourth-order valence-electron chi connectivity index (χ4n) is 3.04. The standard InChI is InChI=1S/C18H18N4O2S/c23-25(24,17-11-15(19-21-17)13-7-3-1-4-8-13)18-12-16(20-22-18)14-9-5-2-6-10-14/h1-10,17-18,21-22H,11-12H2. The SMILES string of the molecule is O=S(=O)(C1CC(c2ccccc2)=NN1)C1CC(c2ccccc2)=NN1. The molecule has 2 heterocycles. The molecule has 2 N–H and O–H groups in total. The molecule has 0 saturated carbocycles. The third-order valence-corrected chi connectivity index (χ3v) is 6.58. The van der Waals surface area contributed by atoms with Crippen molar-refractivity contribution in [1.82, 2.24) is 10.9 Å². The average molecular weight is 354 g/mol. The van der Waals surface area contributed by atoms with E-state index < -0.39 is 20.6 Å². The molecule has 2 aromatic carbocycles. The Morgan fingerprint density at radius 1 is 0.720 bits per heavy atom. The van der Waals surface area contributed by atoms with E-state index in [0.717, 1.165) is 22.6 Å². The van der Waals surface area contributed by atoms with E-state index in [2.05, 4.69) is 21.1 Å². The first-order chi connectivity index (χ1) is 12.1. The van der Waals surface area contributed by atoms with E-state index in [0.29, 0.717) is 12.8 Å². The van der Waals surface area contributed by atoms with Crippen molar-refractivity contribution >= 4 is 21.3 Å². The van der Waals surface area contributed by atoms with Crippen molar-refractivity contribution in [2.75, 3.05) is 0 Å². The Labute approximate surface area is 146 Å². The number of hydrogen-bond donors (Lipinski definition) is 2. The maximum Gasteiger partial charge on any atom is 0.195 e. The predicted molar refractivity (Wildman–Crippen MR) is 98.0 cm³/mol. The van der Waals surface area contributed by atoms with Crippen LogP contribution in [0.25, 0.3) is 0 Å². The minimum Gasteiger partial charge on any atom is -0.291 e. The van der Waals surface area contributed by atoms with Crippen molar-refractivity contribution in [2.24, 2.45) is 10.2 Å². The summed E-state index contributed by atoms with van der Waals surface area (Å²) < 4.78 is 25.8. The van der Waals surface area contributed by atoms with Crippen LogP contribution < -0.4 is 10.9 Å². The lowest BCUT2D eigenvalue weighted by atomic mass is 10.1. The molecule has 0 fully saturated rings. The maximum atomic E-state index is 12.9. The van der Waals surface area contributed by atoms with Gasteiger partial charge >= 0.3 is 0 Å². The molecule has 0 aromatic heterocycles. The first-order valence-electron chi connectivity index (χ1n) is 8.12. The van der Waals surface area contributed by atoms with E-state index in [1.165, 1.54) is 0 Å². The van der Waals surface area contributed by atoms with Gasteiger partial charge in [-0.2, -0.15) is 10.2 Å². The largest absolute Gasteiger partial charge is 0.291 e. The van der Waals surface area contributed by atoms with Crippen LogP contribution >= 0.6 is 0 Å². The van der Waals surface area contributed by atoms with Gasteiger partial charge in [0.1, 0.15) is 0 Å². The van der Waals surface area contributed by atoms with Gasteiger partial charge in [0.25, 0.3) is 0 Å². The topological polar surface area (TPSA) is 82.9 Å². The first-order valence-corrected chi connectivity index (χ1v) is 9.73. The molecule has 2 aromatic rings. The van der Waals surface area contributed by atoms with Crippen LogP contribution in [0.15, 0.2) is 70.9 Å². The van der Waals surface area contributed by atoms with Gasteiger partial charge in [-0.15, -0.1) is 0 Å². The highest BCUT2D eigenvalue weighted by molar-refractivity contribution is 7.92.